The zero-order chi connectivity index (χ0) is 13.9. The quantitative estimate of drug-likeness (QED) is 0.690. The van der Waals surface area contributed by atoms with E-state index in [1.165, 1.54) is 13.0 Å². The van der Waals surface area contributed by atoms with Gasteiger partial charge in [-0.2, -0.15) is 0 Å². The maximum atomic E-state index is 13.5. The zero-order valence-corrected chi connectivity index (χ0v) is 9.99. The lowest BCUT2D eigenvalue weighted by molar-refractivity contribution is -0.126. The summed E-state index contributed by atoms with van der Waals surface area (Å²) in [6.07, 6.45) is -1.06. The molecule has 6 nitrogen and oxygen atoms in total. The molecule has 98 valence electrons. The number of urea groups is 1. The van der Waals surface area contributed by atoms with Gasteiger partial charge in [-0.3, -0.25) is 10.1 Å². The molecule has 0 fully saturated rings. The number of imide groups is 1. The predicted molar refractivity (Wildman–Crippen MR) is 63.4 cm³/mol. The summed E-state index contributed by atoms with van der Waals surface area (Å²) in [7, 11) is 0. The molecular formula is C11H14FN3O3. The van der Waals surface area contributed by atoms with E-state index in [9.17, 15) is 14.0 Å². The number of primary amides is 1. The molecule has 1 unspecified atom stereocenters. The number of anilines is 1. The van der Waals surface area contributed by atoms with Crippen LogP contribution >= 0.6 is 0 Å². The second-order valence-corrected chi connectivity index (χ2v) is 3.75. The fourth-order valence-electron chi connectivity index (χ4n) is 1.23. The van der Waals surface area contributed by atoms with Crippen LogP contribution in [0.15, 0.2) is 12.1 Å². The number of carbonyl (C=O) groups excluding carboxylic acids is 2. The number of aryl methyl sites for hydroxylation is 1. The molecule has 1 rings (SSSR count). The summed E-state index contributed by atoms with van der Waals surface area (Å²) in [6.45, 7) is 3.04. The summed E-state index contributed by atoms with van der Waals surface area (Å²) in [5, 5.41) is 1.84. The number of hydrogen-bond donors (Lipinski definition) is 3. The van der Waals surface area contributed by atoms with Crippen LogP contribution in [0.25, 0.3) is 0 Å². The first-order chi connectivity index (χ1) is 8.31. The zero-order valence-electron chi connectivity index (χ0n) is 9.99. The summed E-state index contributed by atoms with van der Waals surface area (Å²) >= 11 is 0. The van der Waals surface area contributed by atoms with E-state index in [2.05, 4.69) is 0 Å². The van der Waals surface area contributed by atoms with Crippen LogP contribution < -0.4 is 21.5 Å². The topological polar surface area (TPSA) is 107 Å². The highest BCUT2D eigenvalue weighted by atomic mass is 19.1. The van der Waals surface area contributed by atoms with Crippen LogP contribution in [0.1, 0.15) is 12.5 Å². The van der Waals surface area contributed by atoms with Crippen LogP contribution in [0.3, 0.4) is 0 Å². The number of carbonyl (C=O) groups is 2. The van der Waals surface area contributed by atoms with E-state index in [1.54, 1.807) is 6.92 Å². The van der Waals surface area contributed by atoms with Crippen LogP contribution in [0.5, 0.6) is 5.75 Å². The van der Waals surface area contributed by atoms with E-state index in [0.29, 0.717) is 5.56 Å². The van der Waals surface area contributed by atoms with Crippen molar-refractivity contribution in [3.63, 3.8) is 0 Å². The number of nitrogens with one attached hydrogen (secondary N) is 1. The molecule has 7 heteroatoms. The van der Waals surface area contributed by atoms with Crippen molar-refractivity contribution in [2.75, 3.05) is 5.73 Å². The SMILES string of the molecule is Cc1cc(OC(C)C(=O)NC(N)=O)c(F)cc1N. The predicted octanol–water partition coefficient (Wildman–Crippen LogP) is 0.679. The van der Waals surface area contributed by atoms with Crippen molar-refractivity contribution >= 4 is 17.6 Å². The average molecular weight is 255 g/mol. The molecule has 18 heavy (non-hydrogen) atoms. The molecule has 0 aliphatic rings. The van der Waals surface area contributed by atoms with Gasteiger partial charge >= 0.3 is 6.03 Å². The summed E-state index contributed by atoms with van der Waals surface area (Å²) in [4.78, 5) is 21.8. The summed E-state index contributed by atoms with van der Waals surface area (Å²) in [6, 6.07) is 1.48. The third-order valence-corrected chi connectivity index (χ3v) is 2.24. The second kappa shape index (κ2) is 5.35. The molecule has 0 aliphatic heterocycles. The molecule has 0 bridgehead atoms. The average Bonchev–Trinajstić information content (AvgIpc) is 2.24. The molecular weight excluding hydrogens is 241 g/mol. The van der Waals surface area contributed by atoms with Gasteiger partial charge in [0, 0.05) is 11.8 Å². The monoisotopic (exact) mass is 255 g/mol. The first-order valence-corrected chi connectivity index (χ1v) is 5.14. The van der Waals surface area contributed by atoms with Gasteiger partial charge in [-0.05, 0) is 25.5 Å². The van der Waals surface area contributed by atoms with E-state index >= 15 is 0 Å². The molecule has 0 spiro atoms. The lowest BCUT2D eigenvalue weighted by Crippen LogP contribution is -2.42. The normalized spacial score (nSPS) is 11.7. The standard InChI is InChI=1S/C11H14FN3O3/c1-5-3-9(7(12)4-8(5)13)18-6(2)10(16)15-11(14)17/h3-4,6H,13H2,1-2H3,(H3,14,15,16,17). The Morgan fingerprint density at radius 1 is 1.44 bits per heavy atom. The minimum atomic E-state index is -1.06. The van der Waals surface area contributed by atoms with E-state index < -0.39 is 23.9 Å². The molecule has 0 saturated carbocycles. The molecule has 0 radical (unpaired) electrons. The summed E-state index contributed by atoms with van der Waals surface area (Å²) < 4.78 is 18.6. The Kier molecular flexibility index (Phi) is 4.09. The number of benzene rings is 1. The number of amides is 3. The molecule has 3 amide bonds. The Labute approximate surface area is 103 Å². The van der Waals surface area contributed by atoms with Gasteiger partial charge in [0.2, 0.25) is 0 Å². The number of halogens is 1. The van der Waals surface area contributed by atoms with Crippen LogP contribution in [0, 0.1) is 12.7 Å². The third kappa shape index (κ3) is 3.34. The third-order valence-electron chi connectivity index (χ3n) is 2.24. The minimum Gasteiger partial charge on any atom is -0.478 e. The number of rotatable bonds is 3. The van der Waals surface area contributed by atoms with Gasteiger partial charge in [0.1, 0.15) is 0 Å². The highest BCUT2D eigenvalue weighted by Gasteiger charge is 2.18. The molecule has 1 atom stereocenters. The number of hydrogen-bond acceptors (Lipinski definition) is 4. The van der Waals surface area contributed by atoms with Crippen LogP contribution in [0.4, 0.5) is 14.9 Å². The van der Waals surface area contributed by atoms with Crippen LogP contribution in [0.2, 0.25) is 0 Å². The maximum absolute atomic E-state index is 13.5. The Hall–Kier alpha value is -2.31. The second-order valence-electron chi connectivity index (χ2n) is 3.75. The highest BCUT2D eigenvalue weighted by molar-refractivity contribution is 5.95. The molecule has 0 aromatic heterocycles. The Morgan fingerprint density at radius 2 is 2.06 bits per heavy atom. The first-order valence-electron chi connectivity index (χ1n) is 5.14. The highest BCUT2D eigenvalue weighted by Crippen LogP contribution is 2.24. The minimum absolute atomic E-state index is 0.117. The molecule has 1 aromatic carbocycles. The van der Waals surface area contributed by atoms with Gasteiger partial charge in [0.25, 0.3) is 5.91 Å². The molecule has 5 N–H and O–H groups in total. The Bertz CT molecular complexity index is 491. The van der Waals surface area contributed by atoms with Gasteiger partial charge in [0.05, 0.1) is 0 Å². The van der Waals surface area contributed by atoms with Crippen LogP contribution in [-0.2, 0) is 4.79 Å². The van der Waals surface area contributed by atoms with E-state index in [-0.39, 0.29) is 11.4 Å². The number of nitrogen functional groups attached to an aromatic ring is 1. The van der Waals surface area contributed by atoms with Crippen molar-refractivity contribution in [1.82, 2.24) is 5.32 Å². The smallest absolute Gasteiger partial charge is 0.318 e. The van der Waals surface area contributed by atoms with Crippen molar-refractivity contribution in [1.29, 1.82) is 0 Å². The van der Waals surface area contributed by atoms with E-state index in [1.807, 2.05) is 5.32 Å². The fraction of sp³-hybridized carbons (Fsp3) is 0.273. The van der Waals surface area contributed by atoms with Gasteiger partial charge in [-0.15, -0.1) is 0 Å². The molecule has 1 aromatic rings. The van der Waals surface area contributed by atoms with E-state index in [4.69, 9.17) is 16.2 Å². The van der Waals surface area contributed by atoms with Crippen molar-refractivity contribution in [3.8, 4) is 5.75 Å². The number of ether oxygens (including phenoxy) is 1. The van der Waals surface area contributed by atoms with E-state index in [0.717, 1.165) is 6.07 Å². The molecule has 0 saturated heterocycles. The first kappa shape index (κ1) is 13.8. The molecule has 0 heterocycles. The Balaban J connectivity index is 2.81. The Morgan fingerprint density at radius 3 is 2.61 bits per heavy atom. The summed E-state index contributed by atoms with van der Waals surface area (Å²) in [5.41, 5.74) is 11.2. The fourth-order valence-corrected chi connectivity index (χ4v) is 1.23. The van der Waals surface area contributed by atoms with Gasteiger partial charge in [-0.1, -0.05) is 0 Å². The lowest BCUT2D eigenvalue weighted by atomic mass is 10.2. The van der Waals surface area contributed by atoms with Crippen molar-refractivity contribution in [3.05, 3.63) is 23.5 Å². The lowest BCUT2D eigenvalue weighted by Gasteiger charge is -2.15. The van der Waals surface area contributed by atoms with Crippen molar-refractivity contribution in [2.24, 2.45) is 5.73 Å². The largest absolute Gasteiger partial charge is 0.478 e. The number of nitrogens with two attached hydrogens (primary N) is 2. The summed E-state index contributed by atoms with van der Waals surface area (Å²) in [5.74, 6) is -1.55. The van der Waals surface area contributed by atoms with Crippen molar-refractivity contribution in [2.45, 2.75) is 20.0 Å². The van der Waals surface area contributed by atoms with Crippen molar-refractivity contribution < 1.29 is 18.7 Å². The maximum Gasteiger partial charge on any atom is 0.318 e. The van der Waals surface area contributed by atoms with Gasteiger partial charge < -0.3 is 16.2 Å². The molecule has 0 aliphatic carbocycles. The van der Waals surface area contributed by atoms with Gasteiger partial charge in [-0.25, -0.2) is 9.18 Å². The van der Waals surface area contributed by atoms with Gasteiger partial charge in [0.15, 0.2) is 17.7 Å². The van der Waals surface area contributed by atoms with Crippen LogP contribution in [-0.4, -0.2) is 18.0 Å².